The Balaban J connectivity index is 2.64. The van der Waals surface area contributed by atoms with Gasteiger partial charge in [-0.15, -0.1) is 0 Å². The van der Waals surface area contributed by atoms with Gasteiger partial charge in [-0.05, 0) is 0 Å². The predicted octanol–water partition coefficient (Wildman–Crippen LogP) is 0.813. The van der Waals surface area contributed by atoms with E-state index < -0.39 is 12.5 Å². The second-order valence-electron chi connectivity index (χ2n) is 2.81. The Hall–Kier alpha value is -1.56. The van der Waals surface area contributed by atoms with Crippen molar-refractivity contribution in [1.82, 2.24) is 14.4 Å². The molecule has 0 saturated heterocycles. The molecular formula is C8H7F2N3O. The third kappa shape index (κ3) is 1.24. The fraction of sp³-hybridized carbons (Fsp3) is 0.250. The Bertz CT molecular complexity index is 455. The van der Waals surface area contributed by atoms with Gasteiger partial charge in [0, 0.05) is 12.4 Å². The topological polar surface area (TPSA) is 50.4 Å². The zero-order chi connectivity index (χ0) is 10.2. The lowest BCUT2D eigenvalue weighted by Gasteiger charge is -2.11. The van der Waals surface area contributed by atoms with E-state index in [-0.39, 0.29) is 5.69 Å². The maximum absolute atomic E-state index is 13.1. The van der Waals surface area contributed by atoms with E-state index >= 15 is 0 Å². The van der Waals surface area contributed by atoms with Gasteiger partial charge in [-0.1, -0.05) is 0 Å². The first-order valence-corrected chi connectivity index (χ1v) is 3.91. The highest BCUT2D eigenvalue weighted by Gasteiger charge is 2.33. The zero-order valence-electron chi connectivity index (χ0n) is 7.06. The highest BCUT2D eigenvalue weighted by molar-refractivity contribution is 5.38. The van der Waals surface area contributed by atoms with Crippen LogP contribution in [-0.4, -0.2) is 26.1 Å². The molecule has 0 unspecified atom stereocenters. The summed E-state index contributed by atoms with van der Waals surface area (Å²) in [6.45, 7) is -1.23. The smallest absolute Gasteiger partial charge is 0.312 e. The quantitative estimate of drug-likeness (QED) is 0.778. The van der Waals surface area contributed by atoms with Crippen molar-refractivity contribution in [2.45, 2.75) is 5.92 Å². The number of aliphatic hydroxyl groups excluding tert-OH is 1. The van der Waals surface area contributed by atoms with Gasteiger partial charge in [-0.2, -0.15) is 8.78 Å². The summed E-state index contributed by atoms with van der Waals surface area (Å²) in [5.41, 5.74) is -0.00646. The summed E-state index contributed by atoms with van der Waals surface area (Å²) in [5, 5.41) is 8.52. The molecule has 0 atom stereocenters. The second-order valence-corrected chi connectivity index (χ2v) is 2.81. The van der Waals surface area contributed by atoms with Gasteiger partial charge in [-0.25, -0.2) is 4.98 Å². The molecule has 0 fully saturated rings. The van der Waals surface area contributed by atoms with Crippen molar-refractivity contribution in [2.75, 3.05) is 6.61 Å². The number of nitrogens with zero attached hydrogens (tertiary/aromatic N) is 3. The molecule has 0 aromatic carbocycles. The van der Waals surface area contributed by atoms with Gasteiger partial charge in [0.2, 0.25) is 0 Å². The Labute approximate surface area is 77.8 Å². The summed E-state index contributed by atoms with van der Waals surface area (Å²) >= 11 is 0. The maximum atomic E-state index is 13.1. The minimum absolute atomic E-state index is 0.329. The van der Waals surface area contributed by atoms with Crippen LogP contribution >= 0.6 is 0 Å². The Morgan fingerprint density at radius 2 is 2.21 bits per heavy atom. The first-order chi connectivity index (χ1) is 6.65. The second kappa shape index (κ2) is 2.98. The van der Waals surface area contributed by atoms with Gasteiger partial charge in [0.25, 0.3) is 0 Å². The molecular weight excluding hydrogens is 192 g/mol. The molecule has 0 radical (unpaired) electrons. The number of alkyl halides is 2. The lowest BCUT2D eigenvalue weighted by Crippen LogP contribution is -2.20. The van der Waals surface area contributed by atoms with Crippen LogP contribution in [0.4, 0.5) is 8.78 Å². The minimum atomic E-state index is -3.28. The number of hydrogen-bond acceptors (Lipinski definition) is 3. The molecule has 1 N–H and O–H groups in total. The van der Waals surface area contributed by atoms with Crippen LogP contribution in [0.25, 0.3) is 5.65 Å². The molecule has 0 spiro atoms. The van der Waals surface area contributed by atoms with Crippen molar-refractivity contribution in [3.8, 4) is 0 Å². The van der Waals surface area contributed by atoms with E-state index in [4.69, 9.17) is 5.11 Å². The normalized spacial score (nSPS) is 12.2. The van der Waals surface area contributed by atoms with E-state index in [9.17, 15) is 8.78 Å². The van der Waals surface area contributed by atoms with Crippen molar-refractivity contribution in [2.24, 2.45) is 0 Å². The van der Waals surface area contributed by atoms with Crippen LogP contribution in [0.2, 0.25) is 0 Å². The average molecular weight is 199 g/mol. The Morgan fingerprint density at radius 3 is 2.93 bits per heavy atom. The summed E-state index contributed by atoms with van der Waals surface area (Å²) in [5.74, 6) is -3.28. The zero-order valence-corrected chi connectivity index (χ0v) is 7.06. The first-order valence-electron chi connectivity index (χ1n) is 3.91. The molecule has 74 valence electrons. The molecule has 2 rings (SSSR count). The van der Waals surface area contributed by atoms with Crippen LogP contribution in [-0.2, 0) is 5.92 Å². The summed E-state index contributed by atoms with van der Waals surface area (Å²) in [6, 6.07) is 0. The molecule has 6 heteroatoms. The summed E-state index contributed by atoms with van der Waals surface area (Å²) < 4.78 is 27.4. The molecule has 0 aliphatic carbocycles. The lowest BCUT2D eigenvalue weighted by molar-refractivity contribution is -0.0598. The fourth-order valence-electron chi connectivity index (χ4n) is 1.19. The van der Waals surface area contributed by atoms with E-state index in [1.165, 1.54) is 23.0 Å². The molecule has 2 aromatic rings. The number of rotatable bonds is 2. The average Bonchev–Trinajstić information content (AvgIpc) is 2.61. The van der Waals surface area contributed by atoms with Gasteiger partial charge in [0.15, 0.2) is 5.65 Å². The highest BCUT2D eigenvalue weighted by Crippen LogP contribution is 2.27. The highest BCUT2D eigenvalue weighted by atomic mass is 19.3. The van der Waals surface area contributed by atoms with E-state index in [1.54, 1.807) is 0 Å². The molecule has 0 aliphatic rings. The molecule has 0 bridgehead atoms. The van der Waals surface area contributed by atoms with E-state index in [0.29, 0.717) is 5.65 Å². The van der Waals surface area contributed by atoms with Crippen LogP contribution in [0.15, 0.2) is 24.8 Å². The van der Waals surface area contributed by atoms with Crippen LogP contribution < -0.4 is 0 Å². The van der Waals surface area contributed by atoms with Crippen LogP contribution in [0.1, 0.15) is 5.69 Å². The number of aromatic nitrogens is 3. The molecule has 0 saturated carbocycles. The Morgan fingerprint density at radius 1 is 1.43 bits per heavy atom. The van der Waals surface area contributed by atoms with Crippen LogP contribution in [0, 0.1) is 0 Å². The van der Waals surface area contributed by atoms with Crippen molar-refractivity contribution in [3.63, 3.8) is 0 Å². The number of halogens is 2. The number of fused-ring (bicyclic) bond motifs is 1. The fourth-order valence-corrected chi connectivity index (χ4v) is 1.19. The predicted molar refractivity (Wildman–Crippen MR) is 44.0 cm³/mol. The van der Waals surface area contributed by atoms with Crippen molar-refractivity contribution in [1.29, 1.82) is 0 Å². The SMILES string of the molecule is OCC(F)(F)c1cnc2cnccn12. The molecule has 0 amide bonds. The van der Waals surface area contributed by atoms with E-state index in [2.05, 4.69) is 9.97 Å². The first kappa shape index (κ1) is 9.01. The standard InChI is InChI=1S/C8H7F2N3O/c9-8(10,5-14)6-3-12-7-4-11-1-2-13(6)7/h1-4,14H,5H2. The van der Waals surface area contributed by atoms with Crippen LogP contribution in [0.3, 0.4) is 0 Å². The van der Waals surface area contributed by atoms with Crippen molar-refractivity contribution < 1.29 is 13.9 Å². The van der Waals surface area contributed by atoms with Crippen LogP contribution in [0.5, 0.6) is 0 Å². The van der Waals surface area contributed by atoms with Gasteiger partial charge in [0.05, 0.1) is 12.4 Å². The van der Waals surface area contributed by atoms with E-state index in [0.717, 1.165) is 6.20 Å². The monoisotopic (exact) mass is 199 g/mol. The molecule has 14 heavy (non-hydrogen) atoms. The van der Waals surface area contributed by atoms with Crippen molar-refractivity contribution >= 4 is 5.65 Å². The minimum Gasteiger partial charge on any atom is -0.390 e. The lowest BCUT2D eigenvalue weighted by atomic mass is 10.3. The molecule has 4 nitrogen and oxygen atoms in total. The third-order valence-electron chi connectivity index (χ3n) is 1.89. The number of aliphatic hydroxyl groups is 1. The molecule has 2 heterocycles. The third-order valence-corrected chi connectivity index (χ3v) is 1.89. The molecule has 2 aromatic heterocycles. The molecule has 0 aliphatic heterocycles. The Kier molecular flexibility index (Phi) is 1.92. The van der Waals surface area contributed by atoms with Gasteiger partial charge < -0.3 is 5.11 Å². The van der Waals surface area contributed by atoms with Gasteiger partial charge in [0.1, 0.15) is 12.3 Å². The summed E-state index contributed by atoms with van der Waals surface area (Å²) in [6.07, 6.45) is 5.16. The summed E-state index contributed by atoms with van der Waals surface area (Å²) in [7, 11) is 0. The maximum Gasteiger partial charge on any atom is 0.312 e. The largest absolute Gasteiger partial charge is 0.390 e. The summed E-state index contributed by atoms with van der Waals surface area (Å²) in [4.78, 5) is 7.49. The number of hydrogen-bond donors (Lipinski definition) is 1. The van der Waals surface area contributed by atoms with Crippen molar-refractivity contribution in [3.05, 3.63) is 30.5 Å². The van der Waals surface area contributed by atoms with Gasteiger partial charge in [-0.3, -0.25) is 9.38 Å². The number of imidazole rings is 1. The van der Waals surface area contributed by atoms with E-state index in [1.807, 2.05) is 0 Å². The van der Waals surface area contributed by atoms with Gasteiger partial charge >= 0.3 is 5.92 Å².